The number of amides is 1. The number of allylic oxidation sites excluding steroid dienone is 7. The van der Waals surface area contributed by atoms with Crippen LogP contribution in [0.2, 0.25) is 0 Å². The second-order valence-corrected chi connectivity index (χ2v) is 22.4. The highest BCUT2D eigenvalue weighted by Crippen LogP contribution is 2.17. The van der Waals surface area contributed by atoms with Crippen LogP contribution >= 0.6 is 0 Å². The number of aliphatic hydroxyl groups is 2. The molecular formula is C68H127NO5. The average molecular weight is 1040 g/mol. The van der Waals surface area contributed by atoms with Crippen molar-refractivity contribution in [3.05, 3.63) is 48.6 Å². The van der Waals surface area contributed by atoms with Gasteiger partial charge in [0.25, 0.3) is 0 Å². The van der Waals surface area contributed by atoms with E-state index in [0.29, 0.717) is 19.4 Å². The van der Waals surface area contributed by atoms with E-state index in [-0.39, 0.29) is 18.5 Å². The van der Waals surface area contributed by atoms with Crippen LogP contribution in [-0.4, -0.2) is 47.4 Å². The molecule has 0 aliphatic carbocycles. The van der Waals surface area contributed by atoms with Crippen molar-refractivity contribution in [1.29, 1.82) is 0 Å². The number of carbonyl (C=O) groups is 2. The Kier molecular flexibility index (Phi) is 61.5. The van der Waals surface area contributed by atoms with Gasteiger partial charge in [0.2, 0.25) is 5.91 Å². The lowest BCUT2D eigenvalue weighted by Gasteiger charge is -2.20. The van der Waals surface area contributed by atoms with Gasteiger partial charge < -0.3 is 20.3 Å². The quantitative estimate of drug-likeness (QED) is 0.0320. The number of ether oxygens (including phenoxy) is 1. The minimum Gasteiger partial charge on any atom is -0.466 e. The Labute approximate surface area is 461 Å². The summed E-state index contributed by atoms with van der Waals surface area (Å²) in [5, 5.41) is 23.1. The average Bonchev–Trinajstić information content (AvgIpc) is 3.40. The molecule has 2 unspecified atom stereocenters. The summed E-state index contributed by atoms with van der Waals surface area (Å²) in [5.74, 6) is -0.0651. The van der Waals surface area contributed by atoms with Crippen molar-refractivity contribution in [2.45, 2.75) is 360 Å². The van der Waals surface area contributed by atoms with Crippen molar-refractivity contribution in [1.82, 2.24) is 5.32 Å². The van der Waals surface area contributed by atoms with Gasteiger partial charge in [0.1, 0.15) is 0 Å². The van der Waals surface area contributed by atoms with E-state index in [2.05, 4.69) is 55.6 Å². The third kappa shape index (κ3) is 59.1. The minimum absolute atomic E-state index is 0.00127. The van der Waals surface area contributed by atoms with Crippen LogP contribution < -0.4 is 5.32 Å². The zero-order valence-electron chi connectivity index (χ0n) is 49.6. The Hall–Kier alpha value is -2.18. The summed E-state index contributed by atoms with van der Waals surface area (Å²) in [6.45, 7) is 4.87. The molecule has 0 aromatic carbocycles. The fraction of sp³-hybridized carbons (Fsp3) is 0.853. The summed E-state index contributed by atoms with van der Waals surface area (Å²) in [7, 11) is 0. The van der Waals surface area contributed by atoms with Gasteiger partial charge in [-0.1, -0.05) is 300 Å². The maximum atomic E-state index is 12.5. The van der Waals surface area contributed by atoms with E-state index >= 15 is 0 Å². The van der Waals surface area contributed by atoms with Crippen molar-refractivity contribution in [2.75, 3.05) is 13.2 Å². The van der Waals surface area contributed by atoms with Gasteiger partial charge in [0.05, 0.1) is 25.4 Å². The van der Waals surface area contributed by atoms with Crippen LogP contribution in [-0.2, 0) is 14.3 Å². The third-order valence-corrected chi connectivity index (χ3v) is 15.1. The molecule has 0 spiro atoms. The van der Waals surface area contributed by atoms with E-state index in [1.54, 1.807) is 6.08 Å². The van der Waals surface area contributed by atoms with E-state index < -0.39 is 12.1 Å². The van der Waals surface area contributed by atoms with E-state index in [0.717, 1.165) is 51.4 Å². The normalized spacial score (nSPS) is 12.9. The van der Waals surface area contributed by atoms with Crippen molar-refractivity contribution >= 4 is 11.9 Å². The molecule has 6 nitrogen and oxygen atoms in total. The van der Waals surface area contributed by atoms with E-state index in [9.17, 15) is 19.8 Å². The molecule has 0 aliphatic rings. The molecule has 434 valence electrons. The van der Waals surface area contributed by atoms with E-state index in [1.165, 1.54) is 270 Å². The molecule has 6 heteroatoms. The molecule has 0 bridgehead atoms. The van der Waals surface area contributed by atoms with E-state index in [1.807, 2.05) is 6.08 Å². The van der Waals surface area contributed by atoms with Gasteiger partial charge in [-0.25, -0.2) is 0 Å². The van der Waals surface area contributed by atoms with E-state index in [4.69, 9.17) is 4.74 Å². The van der Waals surface area contributed by atoms with Crippen molar-refractivity contribution in [3.8, 4) is 0 Å². The molecule has 1 amide bonds. The number of carbonyl (C=O) groups excluding carboxylic acids is 2. The number of esters is 1. The highest BCUT2D eigenvalue weighted by molar-refractivity contribution is 5.76. The SMILES string of the molecule is CCCC/C=C\C/C=C\CCCCCCCC(=O)OCCCCCCCCCCCCCC/C=C\CCCCCCCCCCCCCCCC(=O)NC(CO)C(O)/C=C/CCCCCCCCCCCCCC. The number of aliphatic hydroxyl groups excluding tert-OH is 2. The zero-order valence-corrected chi connectivity index (χ0v) is 49.6. The summed E-state index contributed by atoms with van der Waals surface area (Å²) in [5.41, 5.74) is 0. The zero-order chi connectivity index (χ0) is 53.6. The molecule has 2 atom stereocenters. The van der Waals surface area contributed by atoms with Crippen LogP contribution in [0.15, 0.2) is 48.6 Å². The Balaban J connectivity index is 3.39. The molecular weight excluding hydrogens is 911 g/mol. The fourth-order valence-corrected chi connectivity index (χ4v) is 10.00. The summed E-state index contributed by atoms with van der Waals surface area (Å²) in [6.07, 6.45) is 81.7. The van der Waals surface area contributed by atoms with Gasteiger partial charge >= 0.3 is 5.97 Å². The first-order valence-electron chi connectivity index (χ1n) is 32.9. The number of unbranched alkanes of at least 4 members (excludes halogenated alkanes) is 44. The second kappa shape index (κ2) is 63.4. The summed E-state index contributed by atoms with van der Waals surface area (Å²) < 4.78 is 5.48. The van der Waals surface area contributed by atoms with Crippen LogP contribution in [0.3, 0.4) is 0 Å². The van der Waals surface area contributed by atoms with Gasteiger partial charge in [0.15, 0.2) is 0 Å². The Morgan fingerprint density at radius 1 is 0.378 bits per heavy atom. The van der Waals surface area contributed by atoms with Crippen LogP contribution in [0.1, 0.15) is 348 Å². The highest BCUT2D eigenvalue weighted by Gasteiger charge is 2.18. The molecule has 0 rings (SSSR count). The molecule has 0 saturated heterocycles. The maximum Gasteiger partial charge on any atom is 0.305 e. The molecule has 3 N–H and O–H groups in total. The number of hydrogen-bond donors (Lipinski definition) is 3. The predicted molar refractivity (Wildman–Crippen MR) is 324 cm³/mol. The van der Waals surface area contributed by atoms with Crippen LogP contribution in [0.25, 0.3) is 0 Å². The lowest BCUT2D eigenvalue weighted by Crippen LogP contribution is -2.45. The first-order chi connectivity index (χ1) is 36.5. The molecule has 0 aromatic rings. The molecule has 0 saturated carbocycles. The summed E-state index contributed by atoms with van der Waals surface area (Å²) >= 11 is 0. The number of hydrogen-bond acceptors (Lipinski definition) is 5. The Bertz CT molecular complexity index is 1240. The van der Waals surface area contributed by atoms with Crippen molar-refractivity contribution in [2.24, 2.45) is 0 Å². The van der Waals surface area contributed by atoms with Gasteiger partial charge in [-0.2, -0.15) is 0 Å². The Morgan fingerprint density at radius 2 is 0.689 bits per heavy atom. The van der Waals surface area contributed by atoms with Crippen LogP contribution in [0.4, 0.5) is 0 Å². The Morgan fingerprint density at radius 3 is 1.08 bits per heavy atom. The molecule has 74 heavy (non-hydrogen) atoms. The lowest BCUT2D eigenvalue weighted by molar-refractivity contribution is -0.143. The first kappa shape index (κ1) is 71.8. The largest absolute Gasteiger partial charge is 0.466 e. The monoisotopic (exact) mass is 1040 g/mol. The topological polar surface area (TPSA) is 95.9 Å². The molecule has 0 aromatic heterocycles. The molecule has 0 heterocycles. The maximum absolute atomic E-state index is 12.5. The second-order valence-electron chi connectivity index (χ2n) is 22.4. The number of nitrogens with one attached hydrogen (secondary N) is 1. The predicted octanol–water partition coefficient (Wildman–Crippen LogP) is 20.9. The summed E-state index contributed by atoms with van der Waals surface area (Å²) in [6, 6.07) is -0.627. The van der Waals surface area contributed by atoms with Crippen LogP contribution in [0.5, 0.6) is 0 Å². The van der Waals surface area contributed by atoms with Gasteiger partial charge in [-0.3, -0.25) is 9.59 Å². The molecule has 0 radical (unpaired) electrons. The fourth-order valence-electron chi connectivity index (χ4n) is 10.00. The van der Waals surface area contributed by atoms with Crippen LogP contribution in [0, 0.1) is 0 Å². The van der Waals surface area contributed by atoms with Crippen molar-refractivity contribution < 1.29 is 24.5 Å². The third-order valence-electron chi connectivity index (χ3n) is 15.1. The summed E-state index contributed by atoms with van der Waals surface area (Å²) in [4.78, 5) is 24.5. The first-order valence-corrected chi connectivity index (χ1v) is 32.9. The minimum atomic E-state index is -0.844. The highest BCUT2D eigenvalue weighted by atomic mass is 16.5. The van der Waals surface area contributed by atoms with Gasteiger partial charge in [0, 0.05) is 12.8 Å². The van der Waals surface area contributed by atoms with Gasteiger partial charge in [-0.05, 0) is 83.5 Å². The molecule has 0 fully saturated rings. The number of rotatable bonds is 61. The van der Waals surface area contributed by atoms with Gasteiger partial charge in [-0.15, -0.1) is 0 Å². The van der Waals surface area contributed by atoms with Crippen molar-refractivity contribution in [3.63, 3.8) is 0 Å². The standard InChI is InChI=1S/C68H127NO5/c1-3-5-7-9-11-13-15-17-36-40-44-48-52-56-60-66(71)65(64-70)69-67(72)61-57-53-49-45-41-37-34-32-30-28-26-24-22-20-19-21-23-25-27-29-31-33-35-39-43-47-51-55-59-63-74-68(73)62-58-54-50-46-42-38-18-16-14-12-10-8-6-4-2/h10,12,16,18-19,21,56,60,65-66,70-71H,3-9,11,13-15,17,20,22-55,57-59,61-64H2,1-2H3,(H,69,72)/b12-10-,18-16-,21-19-,60-56+. The smallest absolute Gasteiger partial charge is 0.305 e. The molecule has 0 aliphatic heterocycles. The lowest BCUT2D eigenvalue weighted by atomic mass is 10.0.